The molecule has 0 aliphatic carbocycles. The van der Waals surface area contributed by atoms with Crippen LogP contribution in [0.3, 0.4) is 0 Å². The molecule has 4 N–H and O–H groups in total. The summed E-state index contributed by atoms with van der Waals surface area (Å²) in [5.41, 5.74) is 4.44. The Kier molecular flexibility index (Phi) is 5.64. The van der Waals surface area contributed by atoms with Crippen molar-refractivity contribution in [3.8, 4) is 6.07 Å². The quantitative estimate of drug-likeness (QED) is 0.454. The summed E-state index contributed by atoms with van der Waals surface area (Å²) in [4.78, 5) is 15.5. The lowest BCUT2D eigenvalue weighted by molar-refractivity contribution is -0.0720. The number of hydrogen-bond acceptors (Lipinski definition) is 10. The largest absolute Gasteiger partial charge is 0.508 e. The SMILES string of the molecule is CCCCOC(=O)OC[C@H]1O[C@@](C#N)(c2ccc3c(N)ncnn23)[C@H](O)[C@@H]1O. The summed E-state index contributed by atoms with van der Waals surface area (Å²) in [6, 6.07) is 4.98. The number of hydrogen-bond donors (Lipinski definition) is 3. The first-order chi connectivity index (χ1) is 13.4. The lowest BCUT2D eigenvalue weighted by atomic mass is 9.92. The summed E-state index contributed by atoms with van der Waals surface area (Å²) in [6.45, 7) is 1.77. The van der Waals surface area contributed by atoms with Crippen molar-refractivity contribution in [3.05, 3.63) is 24.2 Å². The van der Waals surface area contributed by atoms with E-state index in [0.717, 1.165) is 6.42 Å². The van der Waals surface area contributed by atoms with Crippen molar-refractivity contribution >= 4 is 17.5 Å². The zero-order chi connectivity index (χ0) is 20.3. The Hall–Kier alpha value is -2.94. The van der Waals surface area contributed by atoms with Crippen LogP contribution in [-0.2, 0) is 19.8 Å². The number of rotatable bonds is 6. The van der Waals surface area contributed by atoms with Gasteiger partial charge in [0, 0.05) is 0 Å². The fourth-order valence-electron chi connectivity index (χ4n) is 3.04. The molecule has 1 saturated heterocycles. The van der Waals surface area contributed by atoms with E-state index in [0.29, 0.717) is 11.9 Å². The smallest absolute Gasteiger partial charge is 0.434 e. The van der Waals surface area contributed by atoms with E-state index in [2.05, 4.69) is 10.1 Å². The topological polar surface area (TPSA) is 165 Å². The van der Waals surface area contributed by atoms with Gasteiger partial charge in [-0.1, -0.05) is 13.3 Å². The van der Waals surface area contributed by atoms with E-state index in [1.54, 1.807) is 6.07 Å². The number of aliphatic hydroxyl groups is 2. The molecule has 11 nitrogen and oxygen atoms in total. The highest BCUT2D eigenvalue weighted by molar-refractivity contribution is 5.66. The molecule has 1 aliphatic heterocycles. The van der Waals surface area contributed by atoms with Gasteiger partial charge in [0.15, 0.2) is 5.82 Å². The molecule has 1 fully saturated rings. The molecule has 0 bridgehead atoms. The summed E-state index contributed by atoms with van der Waals surface area (Å²) < 4.78 is 16.8. The molecule has 4 atom stereocenters. The molecule has 0 amide bonds. The molecule has 1 aliphatic rings. The second-order valence-corrected chi connectivity index (χ2v) is 6.36. The molecule has 0 unspecified atom stereocenters. The number of anilines is 1. The van der Waals surface area contributed by atoms with Crippen LogP contribution in [0.4, 0.5) is 10.6 Å². The number of ether oxygens (including phenoxy) is 3. The number of nitrogens with two attached hydrogens (primary N) is 1. The average Bonchev–Trinajstić information content (AvgIpc) is 3.23. The molecule has 3 rings (SSSR count). The normalized spacial score (nSPS) is 26.9. The van der Waals surface area contributed by atoms with Crippen LogP contribution in [0.25, 0.3) is 5.52 Å². The number of nitrogens with zero attached hydrogens (tertiary/aromatic N) is 4. The third kappa shape index (κ3) is 3.33. The molecular weight excluding hydrogens is 370 g/mol. The number of aliphatic hydroxyl groups excluding tert-OH is 2. The van der Waals surface area contributed by atoms with Crippen LogP contribution in [0, 0.1) is 11.3 Å². The lowest BCUT2D eigenvalue weighted by Crippen LogP contribution is -2.41. The molecule has 0 radical (unpaired) electrons. The Morgan fingerprint density at radius 3 is 2.96 bits per heavy atom. The highest BCUT2D eigenvalue weighted by Crippen LogP contribution is 2.40. The van der Waals surface area contributed by atoms with Crippen LogP contribution >= 0.6 is 0 Å². The molecule has 150 valence electrons. The first-order valence-corrected chi connectivity index (χ1v) is 8.78. The van der Waals surface area contributed by atoms with Crippen LogP contribution in [0.1, 0.15) is 25.5 Å². The maximum absolute atomic E-state index is 11.6. The summed E-state index contributed by atoms with van der Waals surface area (Å²) in [5.74, 6) is 0.178. The highest BCUT2D eigenvalue weighted by Gasteiger charge is 2.57. The molecule has 0 aromatic carbocycles. The fraction of sp³-hybridized carbons (Fsp3) is 0.529. The van der Waals surface area contributed by atoms with Gasteiger partial charge in [-0.05, 0) is 18.6 Å². The zero-order valence-corrected chi connectivity index (χ0v) is 15.2. The van der Waals surface area contributed by atoms with E-state index in [-0.39, 0.29) is 18.1 Å². The van der Waals surface area contributed by atoms with Gasteiger partial charge in [-0.3, -0.25) is 0 Å². The van der Waals surface area contributed by atoms with E-state index in [1.165, 1.54) is 16.9 Å². The van der Waals surface area contributed by atoms with Gasteiger partial charge in [0.25, 0.3) is 0 Å². The summed E-state index contributed by atoms with van der Waals surface area (Å²) in [6.07, 6.45) is -2.40. The molecule has 11 heteroatoms. The number of carbonyl (C=O) groups is 1. The average molecular weight is 391 g/mol. The standard InChI is InChI=1S/C17H21N5O6/c1-2-3-6-26-16(25)27-7-11-13(23)14(24)17(8-18,28-11)12-5-4-10-15(19)20-9-21-22(10)12/h4-5,9,11,13-14,23-24H,2-3,6-7H2,1H3,(H2,19,20,21)/t11-,13-,14-,17+/m1/s1. The van der Waals surface area contributed by atoms with Crippen molar-refractivity contribution in [3.63, 3.8) is 0 Å². The minimum absolute atomic E-state index is 0.165. The Morgan fingerprint density at radius 2 is 2.25 bits per heavy atom. The van der Waals surface area contributed by atoms with Crippen LogP contribution in [0.2, 0.25) is 0 Å². The maximum Gasteiger partial charge on any atom is 0.508 e. The Balaban J connectivity index is 1.80. The molecular formula is C17H21N5O6. The lowest BCUT2D eigenvalue weighted by Gasteiger charge is -2.24. The Labute approximate surface area is 160 Å². The number of aromatic nitrogens is 3. The fourth-order valence-corrected chi connectivity index (χ4v) is 3.04. The molecule has 0 saturated carbocycles. The van der Waals surface area contributed by atoms with Crippen molar-refractivity contribution < 1.29 is 29.2 Å². The van der Waals surface area contributed by atoms with E-state index in [9.17, 15) is 20.3 Å². The maximum atomic E-state index is 11.6. The summed E-state index contributed by atoms with van der Waals surface area (Å²) in [7, 11) is 0. The monoisotopic (exact) mass is 391 g/mol. The zero-order valence-electron chi connectivity index (χ0n) is 15.2. The second-order valence-electron chi connectivity index (χ2n) is 6.36. The first-order valence-electron chi connectivity index (χ1n) is 8.78. The number of unbranched alkanes of at least 4 members (excludes halogenated alkanes) is 1. The third-order valence-corrected chi connectivity index (χ3v) is 4.57. The predicted molar refractivity (Wildman–Crippen MR) is 93.8 cm³/mol. The minimum atomic E-state index is -1.94. The van der Waals surface area contributed by atoms with Gasteiger partial charge >= 0.3 is 6.16 Å². The predicted octanol–water partition coefficient (Wildman–Crippen LogP) is 0.104. The van der Waals surface area contributed by atoms with Gasteiger partial charge in [-0.15, -0.1) is 0 Å². The second kappa shape index (κ2) is 7.97. The van der Waals surface area contributed by atoms with Crippen LogP contribution < -0.4 is 5.73 Å². The first kappa shape index (κ1) is 19.8. The van der Waals surface area contributed by atoms with Gasteiger partial charge < -0.3 is 30.2 Å². The van der Waals surface area contributed by atoms with Crippen molar-refractivity contribution in [1.82, 2.24) is 14.6 Å². The van der Waals surface area contributed by atoms with Crippen molar-refractivity contribution in [2.75, 3.05) is 18.9 Å². The van der Waals surface area contributed by atoms with Crippen molar-refractivity contribution in [2.24, 2.45) is 0 Å². The number of fused-ring (bicyclic) bond motifs is 1. The van der Waals surface area contributed by atoms with E-state index in [1.807, 2.05) is 13.0 Å². The highest BCUT2D eigenvalue weighted by atomic mass is 16.7. The summed E-state index contributed by atoms with van der Waals surface area (Å²) in [5, 5.41) is 34.7. The molecule has 2 aromatic heterocycles. The Bertz CT molecular complexity index is 896. The third-order valence-electron chi connectivity index (χ3n) is 4.57. The van der Waals surface area contributed by atoms with Crippen LogP contribution in [0.5, 0.6) is 0 Å². The molecule has 2 aromatic rings. The van der Waals surface area contributed by atoms with Crippen molar-refractivity contribution in [1.29, 1.82) is 5.26 Å². The van der Waals surface area contributed by atoms with Gasteiger partial charge in [0.2, 0.25) is 5.60 Å². The molecule has 28 heavy (non-hydrogen) atoms. The number of nitrogen functional groups attached to an aromatic ring is 1. The van der Waals surface area contributed by atoms with E-state index >= 15 is 0 Å². The van der Waals surface area contributed by atoms with Gasteiger partial charge in [0.1, 0.15) is 42.8 Å². The van der Waals surface area contributed by atoms with Crippen molar-refractivity contribution in [2.45, 2.75) is 43.7 Å². The van der Waals surface area contributed by atoms with E-state index < -0.39 is 36.7 Å². The van der Waals surface area contributed by atoms with Crippen LogP contribution in [0.15, 0.2) is 18.5 Å². The summed E-state index contributed by atoms with van der Waals surface area (Å²) >= 11 is 0. The number of nitriles is 1. The number of carbonyl (C=O) groups excluding carboxylic acids is 1. The molecule has 0 spiro atoms. The van der Waals surface area contributed by atoms with E-state index in [4.69, 9.17) is 19.9 Å². The van der Waals surface area contributed by atoms with Gasteiger partial charge in [-0.25, -0.2) is 14.3 Å². The molecule has 3 heterocycles. The Morgan fingerprint density at radius 1 is 1.46 bits per heavy atom. The van der Waals surface area contributed by atoms with Crippen LogP contribution in [-0.4, -0.2) is 62.5 Å². The van der Waals surface area contributed by atoms with Gasteiger partial charge in [-0.2, -0.15) is 10.4 Å². The van der Waals surface area contributed by atoms with Gasteiger partial charge in [0.05, 0.1) is 12.3 Å². The minimum Gasteiger partial charge on any atom is -0.434 e.